The largest absolute Gasteiger partial charge is 0.481 e. The Bertz CT molecular complexity index is 481. The van der Waals surface area contributed by atoms with E-state index in [1.54, 1.807) is 19.2 Å². The predicted octanol–water partition coefficient (Wildman–Crippen LogP) is 2.54. The standard InChI is InChI=1S/C12H13NO2S/c1-8-6-7-16-12(8)11(14)9-4-3-5-10(13-9)15-2/h3-7,11,14H,1-2H3. The molecule has 4 heteroatoms. The van der Waals surface area contributed by atoms with Gasteiger partial charge in [0.1, 0.15) is 6.10 Å². The zero-order valence-electron chi connectivity index (χ0n) is 9.18. The molecule has 2 aromatic rings. The minimum atomic E-state index is -0.671. The molecular formula is C12H13NO2S. The molecule has 0 saturated carbocycles. The SMILES string of the molecule is COc1cccc(C(O)c2sccc2C)n1. The minimum Gasteiger partial charge on any atom is -0.481 e. The lowest BCUT2D eigenvalue weighted by molar-refractivity contribution is 0.217. The number of aryl methyl sites for hydroxylation is 1. The van der Waals surface area contributed by atoms with E-state index in [4.69, 9.17) is 4.74 Å². The highest BCUT2D eigenvalue weighted by Crippen LogP contribution is 2.28. The monoisotopic (exact) mass is 235 g/mol. The highest BCUT2D eigenvalue weighted by molar-refractivity contribution is 7.10. The van der Waals surface area contributed by atoms with Gasteiger partial charge in [0, 0.05) is 10.9 Å². The van der Waals surface area contributed by atoms with Gasteiger partial charge in [0.05, 0.1) is 12.8 Å². The lowest BCUT2D eigenvalue weighted by Gasteiger charge is -2.10. The van der Waals surface area contributed by atoms with Crippen LogP contribution in [0.3, 0.4) is 0 Å². The Morgan fingerprint density at radius 2 is 2.19 bits per heavy atom. The Kier molecular flexibility index (Phi) is 3.22. The third-order valence-corrected chi connectivity index (χ3v) is 3.46. The lowest BCUT2D eigenvalue weighted by Crippen LogP contribution is -2.02. The van der Waals surface area contributed by atoms with E-state index < -0.39 is 6.10 Å². The third kappa shape index (κ3) is 2.08. The van der Waals surface area contributed by atoms with E-state index in [0.717, 1.165) is 10.4 Å². The van der Waals surface area contributed by atoms with Crippen LogP contribution in [-0.4, -0.2) is 17.2 Å². The highest BCUT2D eigenvalue weighted by Gasteiger charge is 2.15. The fraction of sp³-hybridized carbons (Fsp3) is 0.250. The molecule has 1 unspecified atom stereocenters. The van der Waals surface area contributed by atoms with Gasteiger partial charge >= 0.3 is 0 Å². The van der Waals surface area contributed by atoms with Crippen molar-refractivity contribution in [3.63, 3.8) is 0 Å². The minimum absolute atomic E-state index is 0.519. The van der Waals surface area contributed by atoms with Crippen molar-refractivity contribution < 1.29 is 9.84 Å². The Morgan fingerprint density at radius 3 is 2.81 bits per heavy atom. The van der Waals surface area contributed by atoms with Crippen molar-refractivity contribution in [1.82, 2.24) is 4.98 Å². The molecule has 0 aliphatic rings. The Hall–Kier alpha value is -1.39. The summed E-state index contributed by atoms with van der Waals surface area (Å²) in [6.45, 7) is 1.98. The molecule has 1 N–H and O–H groups in total. The van der Waals surface area contributed by atoms with Crippen LogP contribution in [0.4, 0.5) is 0 Å². The second kappa shape index (κ2) is 4.63. The molecule has 0 fully saturated rings. The van der Waals surface area contributed by atoms with E-state index in [1.165, 1.54) is 11.3 Å². The van der Waals surface area contributed by atoms with E-state index in [9.17, 15) is 5.11 Å². The van der Waals surface area contributed by atoms with E-state index in [0.29, 0.717) is 11.6 Å². The third-order valence-electron chi connectivity index (χ3n) is 2.38. The van der Waals surface area contributed by atoms with E-state index >= 15 is 0 Å². The van der Waals surface area contributed by atoms with Crippen molar-refractivity contribution in [2.45, 2.75) is 13.0 Å². The van der Waals surface area contributed by atoms with Crippen molar-refractivity contribution in [3.05, 3.63) is 45.8 Å². The molecule has 0 radical (unpaired) electrons. The Labute approximate surface area is 98.4 Å². The van der Waals surface area contributed by atoms with Crippen molar-refractivity contribution in [2.75, 3.05) is 7.11 Å². The van der Waals surface area contributed by atoms with Crippen LogP contribution in [-0.2, 0) is 0 Å². The molecule has 3 nitrogen and oxygen atoms in total. The zero-order chi connectivity index (χ0) is 11.5. The number of pyridine rings is 1. The first kappa shape index (κ1) is 11.1. The number of aliphatic hydroxyl groups excluding tert-OH is 1. The molecule has 84 valence electrons. The second-order valence-electron chi connectivity index (χ2n) is 3.48. The van der Waals surface area contributed by atoms with Gasteiger partial charge < -0.3 is 9.84 Å². The van der Waals surface area contributed by atoms with Crippen LogP contribution < -0.4 is 4.74 Å². The summed E-state index contributed by atoms with van der Waals surface area (Å²) in [4.78, 5) is 5.15. The molecule has 1 atom stereocenters. The van der Waals surface area contributed by atoms with Gasteiger partial charge in [-0.05, 0) is 30.0 Å². The van der Waals surface area contributed by atoms with Crippen molar-refractivity contribution in [1.29, 1.82) is 0 Å². The lowest BCUT2D eigenvalue weighted by atomic mass is 10.1. The summed E-state index contributed by atoms with van der Waals surface area (Å²) in [5.41, 5.74) is 1.70. The maximum Gasteiger partial charge on any atom is 0.213 e. The zero-order valence-corrected chi connectivity index (χ0v) is 9.99. The number of methoxy groups -OCH3 is 1. The number of rotatable bonds is 3. The fourth-order valence-corrected chi connectivity index (χ4v) is 2.42. The summed E-state index contributed by atoms with van der Waals surface area (Å²) in [5.74, 6) is 0.519. The molecule has 0 aliphatic heterocycles. The van der Waals surface area contributed by atoms with E-state index in [-0.39, 0.29) is 0 Å². The van der Waals surface area contributed by atoms with Crippen LogP contribution in [0.5, 0.6) is 5.88 Å². The number of aromatic nitrogens is 1. The van der Waals surface area contributed by atoms with Crippen LogP contribution in [0.25, 0.3) is 0 Å². The van der Waals surface area contributed by atoms with Crippen LogP contribution in [0.15, 0.2) is 29.6 Å². The second-order valence-corrected chi connectivity index (χ2v) is 4.42. The molecule has 16 heavy (non-hydrogen) atoms. The van der Waals surface area contributed by atoms with Crippen molar-refractivity contribution in [2.24, 2.45) is 0 Å². The van der Waals surface area contributed by atoms with E-state index in [2.05, 4.69) is 4.98 Å². The molecule has 2 heterocycles. The smallest absolute Gasteiger partial charge is 0.213 e. The van der Waals surface area contributed by atoms with Crippen LogP contribution in [0.2, 0.25) is 0 Å². The summed E-state index contributed by atoms with van der Waals surface area (Å²) in [6, 6.07) is 7.38. The van der Waals surface area contributed by atoms with Gasteiger partial charge in [-0.1, -0.05) is 6.07 Å². The number of hydrogen-bond acceptors (Lipinski definition) is 4. The number of ether oxygens (including phenoxy) is 1. The van der Waals surface area contributed by atoms with Gasteiger partial charge in [-0.2, -0.15) is 0 Å². The topological polar surface area (TPSA) is 42.4 Å². The molecule has 2 aromatic heterocycles. The molecule has 0 bridgehead atoms. The summed E-state index contributed by atoms with van der Waals surface area (Å²) in [6.07, 6.45) is -0.671. The first-order valence-electron chi connectivity index (χ1n) is 4.95. The van der Waals surface area contributed by atoms with E-state index in [1.807, 2.05) is 24.4 Å². The van der Waals surface area contributed by atoms with Gasteiger partial charge in [0.25, 0.3) is 0 Å². The van der Waals surface area contributed by atoms with Crippen molar-refractivity contribution in [3.8, 4) is 5.88 Å². The quantitative estimate of drug-likeness (QED) is 0.889. The summed E-state index contributed by atoms with van der Waals surface area (Å²) >= 11 is 1.54. The van der Waals surface area contributed by atoms with Gasteiger partial charge in [-0.3, -0.25) is 0 Å². The molecule has 0 aliphatic carbocycles. The molecule has 0 amide bonds. The maximum atomic E-state index is 10.2. The van der Waals surface area contributed by atoms with Gasteiger partial charge in [0.15, 0.2) is 0 Å². The summed E-state index contributed by atoms with van der Waals surface area (Å²) in [5, 5.41) is 12.1. The molecule has 2 rings (SSSR count). The summed E-state index contributed by atoms with van der Waals surface area (Å²) < 4.78 is 5.03. The summed E-state index contributed by atoms with van der Waals surface area (Å²) in [7, 11) is 1.56. The predicted molar refractivity (Wildman–Crippen MR) is 63.9 cm³/mol. The first-order chi connectivity index (χ1) is 7.72. The van der Waals surface area contributed by atoms with Crippen LogP contribution in [0.1, 0.15) is 22.2 Å². The van der Waals surface area contributed by atoms with Crippen molar-refractivity contribution >= 4 is 11.3 Å². The Morgan fingerprint density at radius 1 is 1.38 bits per heavy atom. The first-order valence-corrected chi connectivity index (χ1v) is 5.83. The number of aliphatic hydroxyl groups is 1. The molecule has 0 saturated heterocycles. The molecular weight excluding hydrogens is 222 g/mol. The maximum absolute atomic E-state index is 10.2. The number of thiophene rings is 1. The average Bonchev–Trinajstić information content (AvgIpc) is 2.74. The molecule has 0 spiro atoms. The van der Waals surface area contributed by atoms with Gasteiger partial charge in [-0.25, -0.2) is 4.98 Å². The molecule has 0 aromatic carbocycles. The number of nitrogens with zero attached hydrogens (tertiary/aromatic N) is 1. The fourth-order valence-electron chi connectivity index (χ4n) is 1.50. The normalized spacial score (nSPS) is 12.4. The van der Waals surface area contributed by atoms with Gasteiger partial charge in [-0.15, -0.1) is 11.3 Å². The van der Waals surface area contributed by atoms with Gasteiger partial charge in [0.2, 0.25) is 5.88 Å². The Balaban J connectivity index is 2.33. The van der Waals surface area contributed by atoms with Crippen LogP contribution in [0, 0.1) is 6.92 Å². The average molecular weight is 235 g/mol. The highest BCUT2D eigenvalue weighted by atomic mass is 32.1. The van der Waals surface area contributed by atoms with Crippen LogP contribution >= 0.6 is 11.3 Å². The number of hydrogen-bond donors (Lipinski definition) is 1.